The van der Waals surface area contributed by atoms with Crippen molar-refractivity contribution in [3.05, 3.63) is 21.9 Å². The van der Waals surface area contributed by atoms with Gasteiger partial charge in [-0.15, -0.1) is 11.3 Å². The predicted octanol–water partition coefficient (Wildman–Crippen LogP) is 3.51. The van der Waals surface area contributed by atoms with Gasteiger partial charge in [0.25, 0.3) is 0 Å². The summed E-state index contributed by atoms with van der Waals surface area (Å²) < 4.78 is 0. The van der Waals surface area contributed by atoms with Gasteiger partial charge in [-0.2, -0.15) is 0 Å². The molecule has 2 nitrogen and oxygen atoms in total. The number of nitrogens with zero attached hydrogens (tertiary/aromatic N) is 1. The predicted molar refractivity (Wildman–Crippen MR) is 84.7 cm³/mol. The molecule has 3 unspecified atom stereocenters. The van der Waals surface area contributed by atoms with Crippen LogP contribution in [0, 0.1) is 18.8 Å². The highest BCUT2D eigenvalue weighted by atomic mass is 32.1. The van der Waals surface area contributed by atoms with Crippen molar-refractivity contribution >= 4 is 11.3 Å². The molecular formula is C16H28N2S. The third kappa shape index (κ3) is 4.30. The van der Waals surface area contributed by atoms with Gasteiger partial charge in [-0.05, 0) is 44.2 Å². The van der Waals surface area contributed by atoms with E-state index in [1.165, 1.54) is 29.3 Å². The summed E-state index contributed by atoms with van der Waals surface area (Å²) in [5.41, 5.74) is 0. The van der Waals surface area contributed by atoms with Crippen molar-refractivity contribution in [2.45, 2.75) is 46.7 Å². The van der Waals surface area contributed by atoms with Crippen molar-refractivity contribution < 1.29 is 0 Å². The number of likely N-dealkylation sites (tertiary alicyclic amines) is 1. The highest BCUT2D eigenvalue weighted by Gasteiger charge is 2.27. The third-order valence-electron chi connectivity index (χ3n) is 4.39. The molecule has 19 heavy (non-hydrogen) atoms. The van der Waals surface area contributed by atoms with Crippen LogP contribution in [0.25, 0.3) is 0 Å². The van der Waals surface area contributed by atoms with E-state index in [2.05, 4.69) is 50.0 Å². The molecule has 1 aliphatic heterocycles. The van der Waals surface area contributed by atoms with Crippen LogP contribution in [-0.4, -0.2) is 30.6 Å². The van der Waals surface area contributed by atoms with Gasteiger partial charge in [0.1, 0.15) is 0 Å². The Morgan fingerprint density at radius 2 is 2.11 bits per heavy atom. The number of nitrogens with one attached hydrogen (secondary N) is 1. The van der Waals surface area contributed by atoms with Crippen molar-refractivity contribution in [3.8, 4) is 0 Å². The summed E-state index contributed by atoms with van der Waals surface area (Å²) >= 11 is 1.90. The molecule has 1 aliphatic rings. The third-order valence-corrected chi connectivity index (χ3v) is 5.39. The second-order valence-corrected chi connectivity index (χ2v) is 7.62. The van der Waals surface area contributed by atoms with Gasteiger partial charge in [0.15, 0.2) is 0 Å². The summed E-state index contributed by atoms with van der Waals surface area (Å²) in [4.78, 5) is 5.51. The fourth-order valence-electron chi connectivity index (χ4n) is 3.14. The number of aryl methyl sites for hydroxylation is 1. The smallest absolute Gasteiger partial charge is 0.0300 e. The van der Waals surface area contributed by atoms with E-state index < -0.39 is 0 Å². The molecule has 0 saturated carbocycles. The summed E-state index contributed by atoms with van der Waals surface area (Å²) in [7, 11) is 0. The molecule has 1 aromatic heterocycles. The Morgan fingerprint density at radius 1 is 1.32 bits per heavy atom. The zero-order valence-electron chi connectivity index (χ0n) is 12.8. The molecule has 0 amide bonds. The molecule has 108 valence electrons. The summed E-state index contributed by atoms with van der Waals surface area (Å²) in [5, 5.41) is 3.58. The molecular weight excluding hydrogens is 252 g/mol. The van der Waals surface area contributed by atoms with Crippen LogP contribution in [0.4, 0.5) is 0 Å². The van der Waals surface area contributed by atoms with Crippen LogP contribution in [0.15, 0.2) is 12.1 Å². The largest absolute Gasteiger partial charge is 0.311 e. The Balaban J connectivity index is 1.70. The van der Waals surface area contributed by atoms with Crippen LogP contribution in [0.5, 0.6) is 0 Å². The van der Waals surface area contributed by atoms with E-state index >= 15 is 0 Å². The van der Waals surface area contributed by atoms with Crippen molar-refractivity contribution in [3.63, 3.8) is 0 Å². The van der Waals surface area contributed by atoms with Crippen LogP contribution >= 0.6 is 11.3 Å². The van der Waals surface area contributed by atoms with E-state index in [0.29, 0.717) is 0 Å². The maximum absolute atomic E-state index is 3.58. The molecule has 2 rings (SSSR count). The Morgan fingerprint density at radius 3 is 2.79 bits per heavy atom. The minimum atomic E-state index is 0.738. The van der Waals surface area contributed by atoms with Gasteiger partial charge in [-0.1, -0.05) is 13.8 Å². The average molecular weight is 280 g/mol. The maximum atomic E-state index is 3.58. The molecule has 3 atom stereocenters. The second-order valence-electron chi connectivity index (χ2n) is 6.24. The van der Waals surface area contributed by atoms with Gasteiger partial charge >= 0.3 is 0 Å². The van der Waals surface area contributed by atoms with Gasteiger partial charge in [0, 0.05) is 42.0 Å². The van der Waals surface area contributed by atoms with Crippen LogP contribution in [0.3, 0.4) is 0 Å². The number of hydrogen-bond acceptors (Lipinski definition) is 3. The van der Waals surface area contributed by atoms with Crippen LogP contribution in [0.2, 0.25) is 0 Å². The fraction of sp³-hybridized carbons (Fsp3) is 0.750. The lowest BCUT2D eigenvalue weighted by atomic mass is 9.86. The lowest BCUT2D eigenvalue weighted by Crippen LogP contribution is -2.47. The number of rotatable bonds is 5. The fourth-order valence-corrected chi connectivity index (χ4v) is 4.00. The lowest BCUT2D eigenvalue weighted by molar-refractivity contribution is 0.0807. The highest BCUT2D eigenvalue weighted by Crippen LogP contribution is 2.26. The first-order chi connectivity index (χ1) is 9.06. The Labute approximate surface area is 122 Å². The van der Waals surface area contributed by atoms with E-state index in [1.807, 2.05) is 11.3 Å². The molecule has 1 fully saturated rings. The summed E-state index contributed by atoms with van der Waals surface area (Å²) in [6.07, 6.45) is 1.39. The first kappa shape index (κ1) is 15.0. The quantitative estimate of drug-likeness (QED) is 0.830. The standard InChI is InChI=1S/C16H28N2S/c1-12-9-13(2)15(4)18(11-12)8-7-17-10-16-6-5-14(3)19-16/h5-6,12-13,15,17H,7-11H2,1-4H3. The molecule has 2 heterocycles. The molecule has 0 bridgehead atoms. The highest BCUT2D eigenvalue weighted by molar-refractivity contribution is 7.11. The lowest BCUT2D eigenvalue weighted by Gasteiger charge is -2.41. The van der Waals surface area contributed by atoms with Gasteiger partial charge in [-0.25, -0.2) is 0 Å². The minimum Gasteiger partial charge on any atom is -0.311 e. The van der Waals surface area contributed by atoms with Crippen molar-refractivity contribution in [2.75, 3.05) is 19.6 Å². The van der Waals surface area contributed by atoms with Gasteiger partial charge in [0.05, 0.1) is 0 Å². The Bertz CT molecular complexity index is 388. The molecule has 3 heteroatoms. The number of thiophene rings is 1. The molecule has 0 aromatic carbocycles. The minimum absolute atomic E-state index is 0.738. The van der Waals surface area contributed by atoms with Crippen molar-refractivity contribution in [1.29, 1.82) is 0 Å². The topological polar surface area (TPSA) is 15.3 Å². The summed E-state index contributed by atoms with van der Waals surface area (Å²) in [6, 6.07) is 5.18. The molecule has 0 radical (unpaired) electrons. The van der Waals surface area contributed by atoms with E-state index in [0.717, 1.165) is 31.0 Å². The summed E-state index contributed by atoms with van der Waals surface area (Å²) in [5.74, 6) is 1.69. The zero-order valence-corrected chi connectivity index (χ0v) is 13.6. The number of hydrogen-bond donors (Lipinski definition) is 1. The van der Waals surface area contributed by atoms with Crippen LogP contribution in [-0.2, 0) is 6.54 Å². The van der Waals surface area contributed by atoms with Gasteiger partial charge in [-0.3, -0.25) is 4.90 Å². The molecule has 0 spiro atoms. The first-order valence-corrected chi connectivity index (χ1v) is 8.38. The summed E-state index contributed by atoms with van der Waals surface area (Å²) in [6.45, 7) is 13.9. The van der Waals surface area contributed by atoms with Gasteiger partial charge in [0.2, 0.25) is 0 Å². The van der Waals surface area contributed by atoms with Gasteiger partial charge < -0.3 is 5.32 Å². The van der Waals surface area contributed by atoms with Crippen molar-refractivity contribution in [2.24, 2.45) is 11.8 Å². The molecule has 1 aromatic rings. The monoisotopic (exact) mass is 280 g/mol. The van der Waals surface area contributed by atoms with Crippen molar-refractivity contribution in [1.82, 2.24) is 10.2 Å². The maximum Gasteiger partial charge on any atom is 0.0300 e. The average Bonchev–Trinajstić information content (AvgIpc) is 2.76. The molecule has 1 saturated heterocycles. The molecule has 1 N–H and O–H groups in total. The van der Waals surface area contributed by atoms with E-state index in [4.69, 9.17) is 0 Å². The van der Waals surface area contributed by atoms with Crippen LogP contribution in [0.1, 0.15) is 36.9 Å². The zero-order chi connectivity index (χ0) is 13.8. The first-order valence-electron chi connectivity index (χ1n) is 7.56. The second kappa shape index (κ2) is 6.87. The SMILES string of the molecule is Cc1ccc(CNCCN2CC(C)CC(C)C2C)s1. The Hall–Kier alpha value is -0.380. The van der Waals surface area contributed by atoms with E-state index in [1.54, 1.807) is 0 Å². The normalized spacial score (nSPS) is 28.7. The molecule has 0 aliphatic carbocycles. The number of piperidine rings is 1. The van der Waals surface area contributed by atoms with E-state index in [9.17, 15) is 0 Å². The van der Waals surface area contributed by atoms with E-state index in [-0.39, 0.29) is 0 Å². The van der Waals surface area contributed by atoms with Crippen LogP contribution < -0.4 is 5.32 Å². The Kier molecular flexibility index (Phi) is 5.43.